The van der Waals surface area contributed by atoms with Gasteiger partial charge in [-0.3, -0.25) is 9.78 Å². The number of hydrogen-bond donors (Lipinski definition) is 0. The molecule has 1 heterocycles. The highest BCUT2D eigenvalue weighted by molar-refractivity contribution is 6.30. The molecular formula is C23H23ClN2O2. The molecule has 0 saturated heterocycles. The standard InChI is InChI=1S/C23H23ClN2O2/c1-2-18-5-7-19(8-6-18)15-26(16-20-4-3-13-25-14-20)23(27)17-28-22-11-9-21(24)10-12-22/h3-14H,2,15-17H2,1H3. The first-order chi connectivity index (χ1) is 13.6. The first-order valence-corrected chi connectivity index (χ1v) is 9.64. The van der Waals surface area contributed by atoms with Gasteiger partial charge in [0.15, 0.2) is 6.61 Å². The predicted molar refractivity (Wildman–Crippen MR) is 111 cm³/mol. The maximum Gasteiger partial charge on any atom is 0.261 e. The van der Waals surface area contributed by atoms with Crippen molar-refractivity contribution in [2.75, 3.05) is 6.61 Å². The van der Waals surface area contributed by atoms with E-state index in [-0.39, 0.29) is 12.5 Å². The second kappa shape index (κ2) is 9.90. The normalized spacial score (nSPS) is 10.5. The van der Waals surface area contributed by atoms with E-state index in [4.69, 9.17) is 16.3 Å². The third kappa shape index (κ3) is 5.83. The van der Waals surface area contributed by atoms with Crippen LogP contribution in [0.25, 0.3) is 0 Å². The number of pyridine rings is 1. The van der Waals surface area contributed by atoms with Crippen molar-refractivity contribution in [2.45, 2.75) is 26.4 Å². The molecule has 0 radical (unpaired) electrons. The van der Waals surface area contributed by atoms with E-state index in [1.54, 1.807) is 41.6 Å². The molecule has 3 rings (SSSR count). The number of halogens is 1. The van der Waals surface area contributed by atoms with Gasteiger partial charge in [-0.25, -0.2) is 0 Å². The highest BCUT2D eigenvalue weighted by Gasteiger charge is 2.16. The second-order valence-corrected chi connectivity index (χ2v) is 6.96. The summed E-state index contributed by atoms with van der Waals surface area (Å²) >= 11 is 5.89. The van der Waals surface area contributed by atoms with Crippen molar-refractivity contribution in [1.29, 1.82) is 0 Å². The van der Waals surface area contributed by atoms with Crippen LogP contribution in [0.2, 0.25) is 5.02 Å². The Morgan fingerprint density at radius 2 is 1.64 bits per heavy atom. The first kappa shape index (κ1) is 19.9. The number of hydrogen-bond acceptors (Lipinski definition) is 3. The number of nitrogens with zero attached hydrogens (tertiary/aromatic N) is 2. The van der Waals surface area contributed by atoms with Crippen LogP contribution in [-0.4, -0.2) is 22.4 Å². The van der Waals surface area contributed by atoms with Gasteiger partial charge in [-0.05, 0) is 53.4 Å². The largest absolute Gasteiger partial charge is 0.484 e. The molecule has 4 nitrogen and oxygen atoms in total. The predicted octanol–water partition coefficient (Wildman–Crippen LogP) is 4.91. The zero-order valence-corrected chi connectivity index (χ0v) is 16.6. The maximum atomic E-state index is 12.9. The van der Waals surface area contributed by atoms with Crippen molar-refractivity contribution in [2.24, 2.45) is 0 Å². The SMILES string of the molecule is CCc1ccc(CN(Cc2cccnc2)C(=O)COc2ccc(Cl)cc2)cc1. The lowest BCUT2D eigenvalue weighted by Gasteiger charge is -2.23. The number of rotatable bonds is 8. The zero-order valence-electron chi connectivity index (χ0n) is 15.8. The van der Waals surface area contributed by atoms with Gasteiger partial charge in [-0.15, -0.1) is 0 Å². The molecule has 1 amide bonds. The van der Waals surface area contributed by atoms with Crippen LogP contribution in [-0.2, 0) is 24.3 Å². The molecule has 0 aliphatic carbocycles. The Morgan fingerprint density at radius 1 is 0.964 bits per heavy atom. The number of ether oxygens (including phenoxy) is 1. The molecule has 0 atom stereocenters. The van der Waals surface area contributed by atoms with Gasteiger partial charge in [-0.1, -0.05) is 48.9 Å². The first-order valence-electron chi connectivity index (χ1n) is 9.27. The molecule has 0 bridgehead atoms. The Bertz CT molecular complexity index is 881. The molecule has 2 aromatic carbocycles. The van der Waals surface area contributed by atoms with Crippen LogP contribution in [0, 0.1) is 0 Å². The molecule has 5 heteroatoms. The minimum Gasteiger partial charge on any atom is -0.484 e. The fourth-order valence-electron chi connectivity index (χ4n) is 2.81. The van der Waals surface area contributed by atoms with E-state index in [9.17, 15) is 4.79 Å². The lowest BCUT2D eigenvalue weighted by atomic mass is 10.1. The smallest absolute Gasteiger partial charge is 0.261 e. The van der Waals surface area contributed by atoms with Crippen LogP contribution in [0.1, 0.15) is 23.6 Å². The molecule has 0 N–H and O–H groups in total. The lowest BCUT2D eigenvalue weighted by Crippen LogP contribution is -2.34. The van der Waals surface area contributed by atoms with Gasteiger partial charge in [0.25, 0.3) is 5.91 Å². The molecule has 28 heavy (non-hydrogen) atoms. The monoisotopic (exact) mass is 394 g/mol. The van der Waals surface area contributed by atoms with Crippen LogP contribution >= 0.6 is 11.6 Å². The third-order valence-electron chi connectivity index (χ3n) is 4.43. The van der Waals surface area contributed by atoms with E-state index >= 15 is 0 Å². The summed E-state index contributed by atoms with van der Waals surface area (Å²) in [7, 11) is 0. The molecule has 0 spiro atoms. The number of carbonyl (C=O) groups excluding carboxylic acids is 1. The summed E-state index contributed by atoms with van der Waals surface area (Å²) in [5.41, 5.74) is 3.34. The highest BCUT2D eigenvalue weighted by atomic mass is 35.5. The highest BCUT2D eigenvalue weighted by Crippen LogP contribution is 2.16. The van der Waals surface area contributed by atoms with Gasteiger partial charge in [0.1, 0.15) is 5.75 Å². The van der Waals surface area contributed by atoms with Crippen LogP contribution in [0.4, 0.5) is 0 Å². The van der Waals surface area contributed by atoms with Crippen LogP contribution in [0.5, 0.6) is 5.75 Å². The number of carbonyl (C=O) groups is 1. The molecule has 0 saturated carbocycles. The molecule has 144 valence electrons. The number of benzene rings is 2. The lowest BCUT2D eigenvalue weighted by molar-refractivity contribution is -0.134. The molecule has 0 aliphatic heterocycles. The van der Waals surface area contributed by atoms with E-state index < -0.39 is 0 Å². The van der Waals surface area contributed by atoms with E-state index in [1.807, 2.05) is 12.1 Å². The summed E-state index contributed by atoms with van der Waals surface area (Å²) in [6.45, 7) is 3.09. The minimum atomic E-state index is -0.0848. The average molecular weight is 395 g/mol. The van der Waals surface area contributed by atoms with Gasteiger partial charge in [0.2, 0.25) is 0 Å². The van der Waals surface area contributed by atoms with Crippen LogP contribution in [0.3, 0.4) is 0 Å². The zero-order chi connectivity index (χ0) is 19.8. The summed E-state index contributed by atoms with van der Waals surface area (Å²) < 4.78 is 5.65. The molecule has 3 aromatic rings. The van der Waals surface area contributed by atoms with Gasteiger partial charge in [0.05, 0.1) is 0 Å². The van der Waals surface area contributed by atoms with Gasteiger partial charge < -0.3 is 9.64 Å². The summed E-state index contributed by atoms with van der Waals surface area (Å²) in [5.74, 6) is 0.532. The van der Waals surface area contributed by atoms with Crippen molar-refractivity contribution >= 4 is 17.5 Å². The summed E-state index contributed by atoms with van der Waals surface area (Å²) in [6.07, 6.45) is 4.50. The fraction of sp³-hybridized carbons (Fsp3) is 0.217. The fourth-order valence-corrected chi connectivity index (χ4v) is 2.94. The Hall–Kier alpha value is -2.85. The van der Waals surface area contributed by atoms with Crippen molar-refractivity contribution < 1.29 is 9.53 Å². The number of amides is 1. The third-order valence-corrected chi connectivity index (χ3v) is 4.68. The van der Waals surface area contributed by atoms with Crippen LogP contribution < -0.4 is 4.74 Å². The molecule has 1 aromatic heterocycles. The topological polar surface area (TPSA) is 42.4 Å². The van der Waals surface area contributed by atoms with Gasteiger partial charge >= 0.3 is 0 Å². The van der Waals surface area contributed by atoms with Crippen molar-refractivity contribution in [1.82, 2.24) is 9.88 Å². The maximum absolute atomic E-state index is 12.9. The van der Waals surface area contributed by atoms with Crippen LogP contribution in [0.15, 0.2) is 73.1 Å². The Labute approximate surface area is 170 Å². The van der Waals surface area contributed by atoms with Crippen molar-refractivity contribution in [3.63, 3.8) is 0 Å². The quantitative estimate of drug-likeness (QED) is 0.545. The van der Waals surface area contributed by atoms with E-state index in [1.165, 1.54) is 5.56 Å². The molecular weight excluding hydrogens is 372 g/mol. The summed E-state index contributed by atoms with van der Waals surface area (Å²) in [4.78, 5) is 18.8. The van der Waals surface area contributed by atoms with Crippen molar-refractivity contribution in [3.05, 3.63) is 94.8 Å². The average Bonchev–Trinajstić information content (AvgIpc) is 2.74. The molecule has 0 unspecified atom stereocenters. The molecule has 0 fully saturated rings. The Morgan fingerprint density at radius 3 is 2.29 bits per heavy atom. The second-order valence-electron chi connectivity index (χ2n) is 6.52. The molecule has 0 aliphatic rings. The van der Waals surface area contributed by atoms with Gasteiger partial charge in [0, 0.05) is 30.5 Å². The summed E-state index contributed by atoms with van der Waals surface area (Å²) in [5, 5.41) is 0.632. The van der Waals surface area contributed by atoms with Gasteiger partial charge in [-0.2, -0.15) is 0 Å². The number of aryl methyl sites for hydroxylation is 1. The van der Waals surface area contributed by atoms with E-state index in [2.05, 4.69) is 36.2 Å². The summed E-state index contributed by atoms with van der Waals surface area (Å²) in [6, 6.07) is 19.2. The van der Waals surface area contributed by atoms with E-state index in [0.717, 1.165) is 17.5 Å². The minimum absolute atomic E-state index is 0.0328. The number of aromatic nitrogens is 1. The van der Waals surface area contributed by atoms with Crippen molar-refractivity contribution in [3.8, 4) is 5.75 Å². The Balaban J connectivity index is 1.70. The van der Waals surface area contributed by atoms with E-state index in [0.29, 0.717) is 23.9 Å². The Kier molecular flexibility index (Phi) is 7.04.